The lowest BCUT2D eigenvalue weighted by Gasteiger charge is -2.23. The van der Waals surface area contributed by atoms with Crippen molar-refractivity contribution in [1.29, 1.82) is 0 Å². The molecule has 1 atom stereocenters. The van der Waals surface area contributed by atoms with Gasteiger partial charge in [-0.2, -0.15) is 0 Å². The lowest BCUT2D eigenvalue weighted by Crippen LogP contribution is -2.47. The predicted molar refractivity (Wildman–Crippen MR) is 97.8 cm³/mol. The van der Waals surface area contributed by atoms with Crippen LogP contribution in [0.15, 0.2) is 58.5 Å². The first-order chi connectivity index (χ1) is 11.5. The molecule has 0 radical (unpaired) electrons. The summed E-state index contributed by atoms with van der Waals surface area (Å²) in [7, 11) is 0. The maximum atomic E-state index is 12.4. The quantitative estimate of drug-likeness (QED) is 0.735. The number of furan rings is 1. The van der Waals surface area contributed by atoms with Crippen molar-refractivity contribution in [2.75, 3.05) is 13.1 Å². The minimum absolute atomic E-state index is 0.168. The van der Waals surface area contributed by atoms with Crippen molar-refractivity contribution >= 4 is 38.7 Å². The van der Waals surface area contributed by atoms with Crippen LogP contribution in [-0.2, 0) is 4.79 Å². The normalized spacial score (nSPS) is 11.8. The van der Waals surface area contributed by atoms with Gasteiger partial charge in [0.05, 0.1) is 0 Å². The molecule has 1 N–H and O–H groups in total. The number of benzene rings is 1. The molecule has 24 heavy (non-hydrogen) atoms. The van der Waals surface area contributed by atoms with Gasteiger partial charge < -0.3 is 14.6 Å². The largest absolute Gasteiger partial charge is 0.451 e. The number of nitrogens with one attached hydrogen (secondary N) is 1. The Bertz CT molecular complexity index is 772. The van der Waals surface area contributed by atoms with E-state index in [0.29, 0.717) is 18.7 Å². The number of hydrogen-bond donors (Lipinski definition) is 1. The molecule has 0 aliphatic rings. The molecule has 5 nitrogen and oxygen atoms in total. The van der Waals surface area contributed by atoms with E-state index in [9.17, 15) is 9.59 Å². The maximum Gasteiger partial charge on any atom is 0.287 e. The molecule has 0 spiro atoms. The second-order valence-electron chi connectivity index (χ2n) is 5.31. The third kappa shape index (κ3) is 4.14. The van der Waals surface area contributed by atoms with Gasteiger partial charge in [0.2, 0.25) is 5.91 Å². The van der Waals surface area contributed by atoms with Gasteiger partial charge >= 0.3 is 0 Å². The van der Waals surface area contributed by atoms with Crippen LogP contribution in [0.1, 0.15) is 17.5 Å². The lowest BCUT2D eigenvalue weighted by atomic mass is 10.2. The van der Waals surface area contributed by atoms with Crippen LogP contribution in [0.5, 0.6) is 0 Å². The number of nitrogens with zero attached hydrogens (tertiary/aromatic N) is 1. The summed E-state index contributed by atoms with van der Waals surface area (Å²) in [6.45, 7) is 9.68. The molecule has 1 aromatic heterocycles. The van der Waals surface area contributed by atoms with Gasteiger partial charge in [-0.1, -0.05) is 28.1 Å². The molecule has 0 fully saturated rings. The Kier molecular flexibility index (Phi) is 5.98. The summed E-state index contributed by atoms with van der Waals surface area (Å²) in [6.07, 6.45) is 3.26. The molecule has 0 saturated carbocycles. The third-order valence-electron chi connectivity index (χ3n) is 3.43. The fourth-order valence-corrected chi connectivity index (χ4v) is 2.67. The van der Waals surface area contributed by atoms with Gasteiger partial charge in [-0.15, -0.1) is 13.2 Å². The van der Waals surface area contributed by atoms with E-state index in [2.05, 4.69) is 34.4 Å². The van der Waals surface area contributed by atoms with Gasteiger partial charge in [0.15, 0.2) is 5.76 Å². The van der Waals surface area contributed by atoms with Gasteiger partial charge in [0.1, 0.15) is 11.6 Å². The second-order valence-corrected chi connectivity index (χ2v) is 6.22. The molecule has 6 heteroatoms. The molecular weight excluding hydrogens is 372 g/mol. The number of carbonyl (C=O) groups is 2. The summed E-state index contributed by atoms with van der Waals surface area (Å²) >= 11 is 3.37. The lowest BCUT2D eigenvalue weighted by molar-refractivity contribution is -0.131. The number of hydrogen-bond acceptors (Lipinski definition) is 3. The van der Waals surface area contributed by atoms with Crippen LogP contribution in [0.2, 0.25) is 0 Å². The van der Waals surface area contributed by atoms with Crippen LogP contribution in [0.25, 0.3) is 11.0 Å². The monoisotopic (exact) mass is 390 g/mol. The first-order valence-corrected chi connectivity index (χ1v) is 8.26. The molecule has 2 amide bonds. The Hall–Kier alpha value is -2.34. The minimum Gasteiger partial charge on any atom is -0.451 e. The van der Waals surface area contributed by atoms with Gasteiger partial charge in [0, 0.05) is 22.9 Å². The van der Waals surface area contributed by atoms with Gasteiger partial charge in [-0.05, 0) is 31.2 Å². The third-order valence-corrected chi connectivity index (χ3v) is 3.92. The Morgan fingerprint density at radius 2 is 1.96 bits per heavy atom. The second kappa shape index (κ2) is 7.97. The molecule has 1 aromatic carbocycles. The first kappa shape index (κ1) is 18.0. The fraction of sp³-hybridized carbons (Fsp3) is 0.222. The Labute approximate surface area is 149 Å². The molecule has 0 saturated heterocycles. The van der Waals surface area contributed by atoms with E-state index in [0.717, 1.165) is 9.86 Å². The number of amides is 2. The highest BCUT2D eigenvalue weighted by molar-refractivity contribution is 9.10. The van der Waals surface area contributed by atoms with Crippen LogP contribution < -0.4 is 5.32 Å². The predicted octanol–water partition coefficient (Wildman–Crippen LogP) is 3.51. The molecule has 0 aliphatic heterocycles. The molecular formula is C18H19BrN2O3. The molecule has 126 valence electrons. The average Bonchev–Trinajstić information content (AvgIpc) is 2.97. The van der Waals surface area contributed by atoms with Crippen molar-refractivity contribution in [3.8, 4) is 0 Å². The fourth-order valence-electron chi connectivity index (χ4n) is 2.30. The van der Waals surface area contributed by atoms with E-state index in [1.54, 1.807) is 36.1 Å². The van der Waals surface area contributed by atoms with Crippen molar-refractivity contribution in [2.24, 2.45) is 0 Å². The minimum atomic E-state index is -0.683. The maximum absolute atomic E-state index is 12.4. The first-order valence-electron chi connectivity index (χ1n) is 7.46. The number of carbonyl (C=O) groups excluding carboxylic acids is 2. The van der Waals surface area contributed by atoms with Crippen molar-refractivity contribution in [2.45, 2.75) is 13.0 Å². The van der Waals surface area contributed by atoms with E-state index in [1.807, 2.05) is 12.1 Å². The number of fused-ring (bicyclic) bond motifs is 1. The summed E-state index contributed by atoms with van der Waals surface area (Å²) in [5.41, 5.74) is 0.613. The summed E-state index contributed by atoms with van der Waals surface area (Å²) in [4.78, 5) is 26.3. The van der Waals surface area contributed by atoms with Crippen molar-refractivity contribution in [1.82, 2.24) is 10.2 Å². The highest BCUT2D eigenvalue weighted by Gasteiger charge is 2.22. The van der Waals surface area contributed by atoms with E-state index < -0.39 is 11.9 Å². The summed E-state index contributed by atoms with van der Waals surface area (Å²) in [5, 5.41) is 3.48. The molecule has 2 rings (SSSR count). The van der Waals surface area contributed by atoms with Crippen LogP contribution in [0.3, 0.4) is 0 Å². The van der Waals surface area contributed by atoms with Crippen molar-refractivity contribution in [3.05, 3.63) is 59.8 Å². The molecule has 2 aromatic rings. The van der Waals surface area contributed by atoms with Crippen LogP contribution in [0.4, 0.5) is 0 Å². The van der Waals surface area contributed by atoms with Gasteiger partial charge in [-0.25, -0.2) is 0 Å². The Morgan fingerprint density at radius 3 is 2.58 bits per heavy atom. The molecule has 0 aliphatic carbocycles. The van der Waals surface area contributed by atoms with Crippen LogP contribution in [-0.4, -0.2) is 35.8 Å². The van der Waals surface area contributed by atoms with E-state index in [-0.39, 0.29) is 11.7 Å². The Balaban J connectivity index is 2.10. The molecule has 1 heterocycles. The van der Waals surface area contributed by atoms with Crippen molar-refractivity contribution in [3.63, 3.8) is 0 Å². The van der Waals surface area contributed by atoms with Gasteiger partial charge in [-0.3, -0.25) is 9.59 Å². The zero-order valence-corrected chi connectivity index (χ0v) is 15.0. The van der Waals surface area contributed by atoms with E-state index in [4.69, 9.17) is 4.42 Å². The Morgan fingerprint density at radius 1 is 1.29 bits per heavy atom. The summed E-state index contributed by atoms with van der Waals surface area (Å²) in [5.74, 6) is -0.468. The highest BCUT2D eigenvalue weighted by atomic mass is 79.9. The standard InChI is InChI=1S/C18H19BrN2O3/c1-4-8-21(9-5-2)18(23)12(3)20-17(22)16-11-13-10-14(19)6-7-15(13)24-16/h4-7,10-12H,1-2,8-9H2,3H3,(H,20,22). The zero-order valence-electron chi connectivity index (χ0n) is 13.4. The van der Waals surface area contributed by atoms with Crippen molar-refractivity contribution < 1.29 is 14.0 Å². The number of rotatable bonds is 7. The SMILES string of the molecule is C=CCN(CC=C)C(=O)C(C)NC(=O)c1cc2cc(Br)ccc2o1. The summed E-state index contributed by atoms with van der Waals surface area (Å²) < 4.78 is 6.43. The smallest absolute Gasteiger partial charge is 0.287 e. The van der Waals surface area contributed by atoms with Crippen LogP contribution >= 0.6 is 15.9 Å². The van der Waals surface area contributed by atoms with Gasteiger partial charge in [0.25, 0.3) is 5.91 Å². The topological polar surface area (TPSA) is 62.6 Å². The highest BCUT2D eigenvalue weighted by Crippen LogP contribution is 2.23. The van der Waals surface area contributed by atoms with Crippen LogP contribution in [0, 0.1) is 0 Å². The zero-order chi connectivity index (χ0) is 17.7. The number of halogens is 1. The molecule has 1 unspecified atom stereocenters. The van der Waals surface area contributed by atoms with E-state index >= 15 is 0 Å². The van der Waals surface area contributed by atoms with E-state index in [1.165, 1.54) is 0 Å². The summed E-state index contributed by atoms with van der Waals surface area (Å²) in [6, 6.07) is 6.44. The average molecular weight is 391 g/mol. The molecule has 0 bridgehead atoms.